The summed E-state index contributed by atoms with van der Waals surface area (Å²) < 4.78 is 7.25. The maximum atomic E-state index is 12.1. The summed E-state index contributed by atoms with van der Waals surface area (Å²) in [7, 11) is 0. The van der Waals surface area contributed by atoms with E-state index in [1.807, 2.05) is 18.4 Å². The first-order valence-corrected chi connectivity index (χ1v) is 9.76. The number of carbonyl (C=O) groups excluding carboxylic acids is 1. The average molecular weight is 504 g/mol. The number of ether oxygens (including phenoxy) is 1. The molecule has 0 spiro atoms. The minimum Gasteiger partial charge on any atom is -0.466 e. The number of carbonyl (C=O) groups is 1. The van der Waals surface area contributed by atoms with Gasteiger partial charge in [-0.05, 0) is 26.7 Å². The van der Waals surface area contributed by atoms with Crippen LogP contribution < -0.4 is 5.32 Å². The second-order valence-corrected chi connectivity index (χ2v) is 6.86. The Morgan fingerprint density at radius 3 is 2.93 bits per heavy atom. The van der Waals surface area contributed by atoms with Crippen molar-refractivity contribution in [1.82, 2.24) is 25.0 Å². The highest BCUT2D eigenvalue weighted by molar-refractivity contribution is 14.0. The fourth-order valence-corrected chi connectivity index (χ4v) is 3.13. The van der Waals surface area contributed by atoms with Crippen molar-refractivity contribution in [2.45, 2.75) is 46.6 Å². The molecule has 158 valence electrons. The molecule has 1 N–H and O–H groups in total. The lowest BCUT2D eigenvalue weighted by Gasteiger charge is -2.34. The number of nitrogens with zero attached hydrogens (tertiary/aromatic N) is 5. The summed E-state index contributed by atoms with van der Waals surface area (Å²) in [4.78, 5) is 19.0. The number of piperidine rings is 1. The number of esters is 1. The van der Waals surface area contributed by atoms with Crippen molar-refractivity contribution in [2.24, 2.45) is 10.9 Å². The van der Waals surface area contributed by atoms with E-state index in [1.165, 1.54) is 0 Å². The van der Waals surface area contributed by atoms with Gasteiger partial charge in [-0.15, -0.1) is 34.2 Å². The average Bonchev–Trinajstić information content (AvgIpc) is 3.12. The molecule has 0 aliphatic carbocycles. The zero-order valence-electron chi connectivity index (χ0n) is 17.2. The number of aliphatic imine (C=N–C) groups is 1. The molecule has 1 atom stereocenters. The zero-order chi connectivity index (χ0) is 19.6. The fourth-order valence-electron chi connectivity index (χ4n) is 3.13. The van der Waals surface area contributed by atoms with Crippen molar-refractivity contribution < 1.29 is 9.53 Å². The van der Waals surface area contributed by atoms with E-state index in [0.717, 1.165) is 49.7 Å². The SMILES string of the molecule is C=C(C)CN=C(NCCn1cnnc1CC)N1CCCC(C(=O)OCC)C1.I. The number of hydrogen-bond donors (Lipinski definition) is 1. The molecular weight excluding hydrogens is 471 g/mol. The topological polar surface area (TPSA) is 84.6 Å². The molecule has 1 unspecified atom stereocenters. The lowest BCUT2D eigenvalue weighted by Crippen LogP contribution is -2.49. The Hall–Kier alpha value is -1.65. The van der Waals surface area contributed by atoms with Crippen LogP contribution in [-0.2, 0) is 22.5 Å². The van der Waals surface area contributed by atoms with Crippen LogP contribution in [0.2, 0.25) is 0 Å². The van der Waals surface area contributed by atoms with Gasteiger partial charge in [-0.3, -0.25) is 4.79 Å². The maximum absolute atomic E-state index is 12.1. The van der Waals surface area contributed by atoms with E-state index in [0.29, 0.717) is 26.2 Å². The number of rotatable bonds is 8. The normalized spacial score (nSPS) is 17.0. The molecule has 1 aliphatic heterocycles. The molecule has 2 rings (SSSR count). The van der Waals surface area contributed by atoms with E-state index in [9.17, 15) is 4.79 Å². The monoisotopic (exact) mass is 504 g/mol. The van der Waals surface area contributed by atoms with Crippen LogP contribution in [0.15, 0.2) is 23.5 Å². The third kappa shape index (κ3) is 7.40. The molecule has 1 aromatic rings. The molecule has 0 radical (unpaired) electrons. The summed E-state index contributed by atoms with van der Waals surface area (Å²) >= 11 is 0. The number of hydrogen-bond acceptors (Lipinski definition) is 5. The third-order valence-electron chi connectivity index (χ3n) is 4.49. The van der Waals surface area contributed by atoms with Crippen molar-refractivity contribution in [3.63, 3.8) is 0 Å². The first-order valence-electron chi connectivity index (χ1n) is 9.76. The van der Waals surface area contributed by atoms with Gasteiger partial charge < -0.3 is 19.5 Å². The van der Waals surface area contributed by atoms with E-state index < -0.39 is 0 Å². The highest BCUT2D eigenvalue weighted by Crippen LogP contribution is 2.18. The number of guanidine groups is 1. The minimum atomic E-state index is -0.112. The Morgan fingerprint density at radius 1 is 1.46 bits per heavy atom. The lowest BCUT2D eigenvalue weighted by molar-refractivity contribution is -0.149. The third-order valence-corrected chi connectivity index (χ3v) is 4.49. The van der Waals surface area contributed by atoms with Crippen LogP contribution >= 0.6 is 24.0 Å². The smallest absolute Gasteiger partial charge is 0.310 e. The van der Waals surface area contributed by atoms with Gasteiger partial charge >= 0.3 is 5.97 Å². The summed E-state index contributed by atoms with van der Waals surface area (Å²) in [6.07, 6.45) is 4.42. The predicted octanol–water partition coefficient (Wildman–Crippen LogP) is 2.26. The van der Waals surface area contributed by atoms with E-state index >= 15 is 0 Å². The summed E-state index contributed by atoms with van der Waals surface area (Å²) in [6.45, 7) is 13.8. The molecule has 9 heteroatoms. The number of nitrogens with one attached hydrogen (secondary N) is 1. The lowest BCUT2D eigenvalue weighted by atomic mass is 9.98. The van der Waals surface area contributed by atoms with Crippen molar-refractivity contribution >= 4 is 35.9 Å². The molecule has 0 bridgehead atoms. The largest absolute Gasteiger partial charge is 0.466 e. The number of likely N-dealkylation sites (tertiary alicyclic amines) is 1. The Balaban J connectivity index is 0.00000392. The molecular formula is C19H33IN6O2. The second kappa shape index (κ2) is 12.7. The molecule has 28 heavy (non-hydrogen) atoms. The quantitative estimate of drug-likeness (QED) is 0.192. The van der Waals surface area contributed by atoms with E-state index in [2.05, 4.69) is 38.9 Å². The number of aromatic nitrogens is 3. The number of halogens is 1. The fraction of sp³-hybridized carbons (Fsp3) is 0.684. The summed E-state index contributed by atoms with van der Waals surface area (Å²) in [5.74, 6) is 1.58. The standard InChI is InChI=1S/C19H32N6O2.HI/c1-5-17-23-22-14-25(17)11-9-20-19(21-12-15(3)4)24-10-7-8-16(13-24)18(26)27-6-2;/h14,16H,3,5-13H2,1-2,4H3,(H,20,21);1H. The Kier molecular flexibility index (Phi) is 11.1. The van der Waals surface area contributed by atoms with Crippen molar-refractivity contribution in [3.8, 4) is 0 Å². The van der Waals surface area contributed by atoms with E-state index in [-0.39, 0.29) is 35.9 Å². The van der Waals surface area contributed by atoms with Crippen LogP contribution in [0.5, 0.6) is 0 Å². The van der Waals surface area contributed by atoms with Gasteiger partial charge in [-0.2, -0.15) is 0 Å². The molecule has 8 nitrogen and oxygen atoms in total. The van der Waals surface area contributed by atoms with Gasteiger partial charge in [0, 0.05) is 32.6 Å². The van der Waals surface area contributed by atoms with E-state index in [4.69, 9.17) is 4.74 Å². The van der Waals surface area contributed by atoms with Crippen LogP contribution in [0.25, 0.3) is 0 Å². The van der Waals surface area contributed by atoms with Crippen LogP contribution in [-0.4, -0.2) is 64.4 Å². The molecule has 1 aromatic heterocycles. The molecule has 0 amide bonds. The van der Waals surface area contributed by atoms with Crippen LogP contribution in [0.4, 0.5) is 0 Å². The van der Waals surface area contributed by atoms with Gasteiger partial charge in [0.05, 0.1) is 19.1 Å². The zero-order valence-corrected chi connectivity index (χ0v) is 19.5. The Morgan fingerprint density at radius 2 is 2.25 bits per heavy atom. The van der Waals surface area contributed by atoms with Crippen molar-refractivity contribution in [2.75, 3.05) is 32.8 Å². The van der Waals surface area contributed by atoms with Crippen LogP contribution in [0.3, 0.4) is 0 Å². The van der Waals surface area contributed by atoms with Gasteiger partial charge in [-0.1, -0.05) is 19.1 Å². The predicted molar refractivity (Wildman–Crippen MR) is 121 cm³/mol. The van der Waals surface area contributed by atoms with E-state index in [1.54, 1.807) is 6.33 Å². The van der Waals surface area contributed by atoms with Crippen LogP contribution in [0.1, 0.15) is 39.4 Å². The summed E-state index contributed by atoms with van der Waals surface area (Å²) in [5.41, 5.74) is 1.00. The first kappa shape index (κ1) is 24.4. The Labute approximate surface area is 184 Å². The van der Waals surface area contributed by atoms with Gasteiger partial charge in [0.25, 0.3) is 0 Å². The molecule has 0 saturated carbocycles. The van der Waals surface area contributed by atoms with Gasteiger partial charge in [0.15, 0.2) is 5.96 Å². The maximum Gasteiger partial charge on any atom is 0.310 e. The highest BCUT2D eigenvalue weighted by Gasteiger charge is 2.28. The highest BCUT2D eigenvalue weighted by atomic mass is 127. The molecule has 2 heterocycles. The van der Waals surface area contributed by atoms with Crippen molar-refractivity contribution in [3.05, 3.63) is 24.3 Å². The van der Waals surface area contributed by atoms with Gasteiger partial charge in [-0.25, -0.2) is 4.99 Å². The first-order chi connectivity index (χ1) is 13.0. The number of aryl methyl sites for hydroxylation is 1. The summed E-state index contributed by atoms with van der Waals surface area (Å²) in [6, 6.07) is 0. The summed E-state index contributed by atoms with van der Waals surface area (Å²) in [5, 5.41) is 11.5. The van der Waals surface area contributed by atoms with Gasteiger partial charge in [0.2, 0.25) is 0 Å². The molecule has 1 saturated heterocycles. The molecule has 1 fully saturated rings. The second-order valence-electron chi connectivity index (χ2n) is 6.86. The van der Waals surface area contributed by atoms with Crippen LogP contribution in [0, 0.1) is 5.92 Å². The molecule has 0 aromatic carbocycles. The van der Waals surface area contributed by atoms with Gasteiger partial charge in [0.1, 0.15) is 12.2 Å². The Bertz CT molecular complexity index is 661. The molecule has 1 aliphatic rings. The minimum absolute atomic E-state index is 0. The van der Waals surface area contributed by atoms with Crippen molar-refractivity contribution in [1.29, 1.82) is 0 Å².